The highest BCUT2D eigenvalue weighted by Crippen LogP contribution is 2.43. The van der Waals surface area contributed by atoms with E-state index >= 15 is 0 Å². The lowest BCUT2D eigenvalue weighted by Gasteiger charge is -2.23. The molecule has 8 nitrogen and oxygen atoms in total. The van der Waals surface area contributed by atoms with Gasteiger partial charge in [-0.05, 0) is 57.8 Å². The zero-order chi connectivity index (χ0) is 29.0. The predicted molar refractivity (Wildman–Crippen MR) is 161 cm³/mol. The van der Waals surface area contributed by atoms with Crippen LogP contribution in [0.15, 0.2) is 60.8 Å². The molecule has 1 amide bonds. The molecule has 3 atom stereocenters. The Bertz CT molecular complexity index is 794. The molecule has 3 unspecified atom stereocenters. The molecule has 0 aromatic rings. The first-order chi connectivity index (χ1) is 18.9. The number of carbonyl (C=O) groups is 1. The zero-order valence-corrected chi connectivity index (χ0v) is 25.0. The third kappa shape index (κ3) is 24.9. The molecule has 0 heterocycles. The molecule has 0 bridgehead atoms. The van der Waals surface area contributed by atoms with Gasteiger partial charge < -0.3 is 21.1 Å². The van der Waals surface area contributed by atoms with Crippen LogP contribution >= 0.6 is 7.82 Å². The van der Waals surface area contributed by atoms with Gasteiger partial charge in [0.25, 0.3) is 0 Å². The molecule has 39 heavy (non-hydrogen) atoms. The minimum absolute atomic E-state index is 0.0654. The van der Waals surface area contributed by atoms with E-state index in [0.29, 0.717) is 12.8 Å². The average molecular weight is 569 g/mol. The van der Waals surface area contributed by atoms with Gasteiger partial charge in [-0.25, -0.2) is 4.57 Å². The summed E-state index contributed by atoms with van der Waals surface area (Å²) in [5, 5.41) is 13.3. The SMILES string of the molecule is CC/C=C\C/C=C\C/C=C\CCCCCC(=O)NC(COP(=O)(O)OCCN)C(O)/C=C/CC/C=C/CCC. The van der Waals surface area contributed by atoms with Crippen LogP contribution in [0.2, 0.25) is 0 Å². The summed E-state index contributed by atoms with van der Waals surface area (Å²) in [7, 11) is -4.33. The van der Waals surface area contributed by atoms with E-state index < -0.39 is 20.0 Å². The largest absolute Gasteiger partial charge is 0.472 e. The number of hydrogen-bond donors (Lipinski definition) is 4. The number of nitrogens with one attached hydrogen (secondary N) is 1. The summed E-state index contributed by atoms with van der Waals surface area (Å²) in [6, 6.07) is -0.889. The van der Waals surface area contributed by atoms with Crippen molar-refractivity contribution in [2.45, 2.75) is 103 Å². The number of phosphoric acid groups is 1. The third-order valence-electron chi connectivity index (χ3n) is 5.56. The van der Waals surface area contributed by atoms with Crippen LogP contribution in [0.3, 0.4) is 0 Å². The minimum atomic E-state index is -4.33. The fraction of sp³-hybridized carbons (Fsp3) is 0.633. The molecule has 0 saturated carbocycles. The minimum Gasteiger partial charge on any atom is -0.387 e. The molecule has 0 radical (unpaired) electrons. The molecule has 0 aromatic carbocycles. The molecule has 0 aliphatic carbocycles. The van der Waals surface area contributed by atoms with Gasteiger partial charge in [0.1, 0.15) is 0 Å². The summed E-state index contributed by atoms with van der Waals surface area (Å²) in [5.74, 6) is -0.244. The number of aliphatic hydroxyl groups is 1. The van der Waals surface area contributed by atoms with E-state index in [9.17, 15) is 19.4 Å². The van der Waals surface area contributed by atoms with Crippen LogP contribution in [-0.2, 0) is 18.4 Å². The molecule has 0 aliphatic rings. The number of phosphoric ester groups is 1. The summed E-state index contributed by atoms with van der Waals surface area (Å²) >= 11 is 0. The molecule has 0 spiro atoms. The summed E-state index contributed by atoms with van der Waals surface area (Å²) in [5.41, 5.74) is 5.30. The second-order valence-corrected chi connectivity index (χ2v) is 10.7. The van der Waals surface area contributed by atoms with Crippen molar-refractivity contribution in [2.75, 3.05) is 19.8 Å². The predicted octanol–water partition coefficient (Wildman–Crippen LogP) is 6.43. The topological polar surface area (TPSA) is 131 Å². The number of aliphatic hydroxyl groups excluding tert-OH is 1. The molecule has 224 valence electrons. The molecule has 9 heteroatoms. The van der Waals surface area contributed by atoms with Crippen molar-refractivity contribution in [3.63, 3.8) is 0 Å². The highest BCUT2D eigenvalue weighted by Gasteiger charge is 2.26. The Morgan fingerprint density at radius 2 is 1.51 bits per heavy atom. The van der Waals surface area contributed by atoms with E-state index in [1.54, 1.807) is 6.08 Å². The van der Waals surface area contributed by atoms with Crippen molar-refractivity contribution in [1.29, 1.82) is 0 Å². The summed E-state index contributed by atoms with van der Waals surface area (Å²) in [4.78, 5) is 22.3. The van der Waals surface area contributed by atoms with E-state index in [2.05, 4.69) is 67.8 Å². The standard InChI is InChI=1S/C30H53N2O6P/c1-3-5-7-9-11-12-13-14-15-16-18-20-22-24-30(34)32-28(27-38-39(35,36)37-26-25-31)29(33)23-21-19-17-10-8-6-4-2/h5,7-8,10-12,14-15,21,23,28-29,33H,3-4,6,9,13,16-20,22,24-27,31H2,1-2H3,(H,32,34)(H,35,36)/b7-5-,10-8+,12-11-,15-14-,23-21+. The third-order valence-corrected chi connectivity index (χ3v) is 6.54. The van der Waals surface area contributed by atoms with Crippen LogP contribution in [0, 0.1) is 0 Å². The summed E-state index contributed by atoms with van der Waals surface area (Å²) in [6.45, 7) is 3.80. The Balaban J connectivity index is 4.53. The average Bonchev–Trinajstić information content (AvgIpc) is 2.91. The van der Waals surface area contributed by atoms with Crippen molar-refractivity contribution in [2.24, 2.45) is 5.73 Å². The number of carbonyl (C=O) groups excluding carboxylic acids is 1. The van der Waals surface area contributed by atoms with Crippen LogP contribution in [0.25, 0.3) is 0 Å². The second-order valence-electron chi connectivity index (χ2n) is 9.21. The van der Waals surface area contributed by atoms with Crippen molar-refractivity contribution < 1.29 is 28.4 Å². The van der Waals surface area contributed by atoms with Gasteiger partial charge in [-0.2, -0.15) is 0 Å². The number of allylic oxidation sites excluding steroid dienone is 9. The first-order valence-electron chi connectivity index (χ1n) is 14.4. The summed E-state index contributed by atoms with van der Waals surface area (Å²) < 4.78 is 21.8. The maximum Gasteiger partial charge on any atom is 0.472 e. The van der Waals surface area contributed by atoms with Crippen LogP contribution < -0.4 is 11.1 Å². The van der Waals surface area contributed by atoms with Gasteiger partial charge in [-0.15, -0.1) is 0 Å². The molecule has 0 fully saturated rings. The maximum atomic E-state index is 12.5. The number of unbranched alkanes of at least 4 members (excludes halogenated alkanes) is 5. The van der Waals surface area contributed by atoms with Gasteiger partial charge in [0.05, 0.1) is 25.4 Å². The number of hydrogen-bond acceptors (Lipinski definition) is 6. The van der Waals surface area contributed by atoms with Gasteiger partial charge >= 0.3 is 7.82 Å². The van der Waals surface area contributed by atoms with E-state index in [1.807, 2.05) is 6.08 Å². The van der Waals surface area contributed by atoms with E-state index in [1.165, 1.54) is 0 Å². The monoisotopic (exact) mass is 568 g/mol. The summed E-state index contributed by atoms with van der Waals surface area (Å²) in [6.07, 6.45) is 30.1. The highest BCUT2D eigenvalue weighted by atomic mass is 31.2. The lowest BCUT2D eigenvalue weighted by atomic mass is 10.1. The van der Waals surface area contributed by atoms with Crippen molar-refractivity contribution in [3.8, 4) is 0 Å². The maximum absolute atomic E-state index is 12.5. The Hall–Kier alpha value is -1.80. The molecule has 0 rings (SSSR count). The molecular weight excluding hydrogens is 515 g/mol. The molecule has 0 aliphatic heterocycles. The van der Waals surface area contributed by atoms with Crippen molar-refractivity contribution in [1.82, 2.24) is 5.32 Å². The van der Waals surface area contributed by atoms with Gasteiger partial charge in [0.2, 0.25) is 5.91 Å². The molecule has 5 N–H and O–H groups in total. The second kappa shape index (κ2) is 26.4. The van der Waals surface area contributed by atoms with E-state index in [4.69, 9.17) is 14.8 Å². The van der Waals surface area contributed by atoms with Crippen molar-refractivity contribution in [3.05, 3.63) is 60.8 Å². The van der Waals surface area contributed by atoms with Gasteiger partial charge in [-0.3, -0.25) is 13.8 Å². The van der Waals surface area contributed by atoms with Gasteiger partial charge in [0.15, 0.2) is 0 Å². The normalized spacial score (nSPS) is 15.7. The first-order valence-corrected chi connectivity index (χ1v) is 15.9. The molecule has 0 saturated heterocycles. The fourth-order valence-electron chi connectivity index (χ4n) is 3.40. The number of nitrogens with two attached hydrogens (primary N) is 1. The van der Waals surface area contributed by atoms with Crippen LogP contribution in [-0.4, -0.2) is 47.8 Å². The fourth-order valence-corrected chi connectivity index (χ4v) is 4.16. The van der Waals surface area contributed by atoms with Crippen molar-refractivity contribution >= 4 is 13.7 Å². The van der Waals surface area contributed by atoms with E-state index in [-0.39, 0.29) is 25.7 Å². The lowest BCUT2D eigenvalue weighted by molar-refractivity contribution is -0.123. The first kappa shape index (κ1) is 37.2. The van der Waals surface area contributed by atoms with E-state index in [0.717, 1.165) is 64.2 Å². The molecular formula is C30H53N2O6P. The van der Waals surface area contributed by atoms with Gasteiger partial charge in [-0.1, -0.05) is 87.4 Å². The molecule has 0 aromatic heterocycles. The highest BCUT2D eigenvalue weighted by molar-refractivity contribution is 7.47. The smallest absolute Gasteiger partial charge is 0.387 e. The van der Waals surface area contributed by atoms with Crippen LogP contribution in [0.4, 0.5) is 0 Å². The number of amides is 1. The van der Waals surface area contributed by atoms with Gasteiger partial charge in [0, 0.05) is 13.0 Å². The zero-order valence-electron chi connectivity index (χ0n) is 24.1. The Morgan fingerprint density at radius 1 is 0.872 bits per heavy atom. The Kier molecular flexibility index (Phi) is 25.2. The quantitative estimate of drug-likeness (QED) is 0.0567. The Morgan fingerprint density at radius 3 is 2.21 bits per heavy atom. The lowest BCUT2D eigenvalue weighted by Crippen LogP contribution is -2.45. The van der Waals surface area contributed by atoms with Crippen LogP contribution in [0.5, 0.6) is 0 Å². The number of rotatable bonds is 25. The Labute approximate surface area is 236 Å². The van der Waals surface area contributed by atoms with Crippen LogP contribution in [0.1, 0.15) is 90.9 Å².